The van der Waals surface area contributed by atoms with Crippen LogP contribution in [0.3, 0.4) is 0 Å². The Hall–Kier alpha value is -2.89. The van der Waals surface area contributed by atoms with E-state index in [1.54, 1.807) is 28.9 Å². The number of halogens is 1. The highest BCUT2D eigenvalue weighted by molar-refractivity contribution is 5.59. The van der Waals surface area contributed by atoms with Gasteiger partial charge in [0, 0.05) is 11.3 Å². The molecule has 3 rings (SSSR count). The van der Waals surface area contributed by atoms with E-state index in [2.05, 4.69) is 23.9 Å². The van der Waals surface area contributed by atoms with E-state index in [1.165, 1.54) is 12.1 Å². The number of hydrogen-bond donors (Lipinski definition) is 1. The third kappa shape index (κ3) is 3.53. The summed E-state index contributed by atoms with van der Waals surface area (Å²) in [6.45, 7) is 4.62. The quantitative estimate of drug-likeness (QED) is 0.726. The Kier molecular flexibility index (Phi) is 4.46. The summed E-state index contributed by atoms with van der Waals surface area (Å²) in [4.78, 5) is 4.45. The van der Waals surface area contributed by atoms with Crippen molar-refractivity contribution in [2.75, 3.05) is 12.3 Å². The minimum atomic E-state index is -0.301. The molecule has 0 fully saturated rings. The molecule has 0 saturated carbocycles. The molecule has 0 saturated heterocycles. The molecular formula is C18H19FN4O. The highest BCUT2D eigenvalue weighted by Gasteiger charge is 2.15. The minimum absolute atomic E-state index is 0.283. The van der Waals surface area contributed by atoms with Gasteiger partial charge < -0.3 is 10.5 Å². The first-order valence-electron chi connectivity index (χ1n) is 7.74. The van der Waals surface area contributed by atoms with Crippen molar-refractivity contribution >= 4 is 5.69 Å². The number of hydrogen-bond acceptors (Lipinski definition) is 4. The fraction of sp³-hybridized carbons (Fsp3) is 0.222. The predicted octanol–water partition coefficient (Wildman–Crippen LogP) is 3.69. The van der Waals surface area contributed by atoms with Crippen LogP contribution in [0.15, 0.2) is 48.5 Å². The Bertz CT molecular complexity index is 827. The second-order valence-electron chi connectivity index (χ2n) is 5.94. The standard InChI is InChI=1S/C18H19FN4O/c1-12(2)11-24-18-21-17(13-6-8-14(19)9-7-13)23(22-18)16-5-3-4-15(20)10-16/h3-10,12H,11,20H2,1-2H3. The van der Waals surface area contributed by atoms with E-state index >= 15 is 0 Å². The number of nitrogens with zero attached hydrogens (tertiary/aromatic N) is 3. The van der Waals surface area contributed by atoms with Crippen LogP contribution in [0.4, 0.5) is 10.1 Å². The molecule has 0 spiro atoms. The van der Waals surface area contributed by atoms with Gasteiger partial charge in [-0.25, -0.2) is 9.07 Å². The van der Waals surface area contributed by atoms with Crippen LogP contribution in [0, 0.1) is 11.7 Å². The number of rotatable bonds is 5. The van der Waals surface area contributed by atoms with Crippen molar-refractivity contribution in [3.63, 3.8) is 0 Å². The zero-order valence-electron chi connectivity index (χ0n) is 13.6. The molecule has 1 heterocycles. The number of nitrogen functional groups attached to an aromatic ring is 1. The Morgan fingerprint density at radius 3 is 2.58 bits per heavy atom. The zero-order valence-corrected chi connectivity index (χ0v) is 13.6. The molecule has 0 unspecified atom stereocenters. The van der Waals surface area contributed by atoms with E-state index in [0.29, 0.717) is 24.0 Å². The summed E-state index contributed by atoms with van der Waals surface area (Å²) >= 11 is 0. The molecule has 2 aromatic carbocycles. The summed E-state index contributed by atoms with van der Waals surface area (Å²) in [6, 6.07) is 13.7. The highest BCUT2D eigenvalue weighted by atomic mass is 19.1. The Balaban J connectivity index is 2.06. The summed E-state index contributed by atoms with van der Waals surface area (Å²) in [5.74, 6) is 0.628. The van der Waals surface area contributed by atoms with E-state index in [0.717, 1.165) is 11.3 Å². The van der Waals surface area contributed by atoms with Gasteiger partial charge in [-0.05, 0) is 48.4 Å². The van der Waals surface area contributed by atoms with Gasteiger partial charge in [-0.15, -0.1) is 5.10 Å². The van der Waals surface area contributed by atoms with Crippen LogP contribution in [0.25, 0.3) is 17.1 Å². The monoisotopic (exact) mass is 326 g/mol. The first kappa shape index (κ1) is 16.0. The van der Waals surface area contributed by atoms with E-state index < -0.39 is 0 Å². The van der Waals surface area contributed by atoms with Crippen molar-refractivity contribution < 1.29 is 9.13 Å². The second kappa shape index (κ2) is 6.70. The molecule has 0 aliphatic carbocycles. The molecular weight excluding hydrogens is 307 g/mol. The average molecular weight is 326 g/mol. The van der Waals surface area contributed by atoms with E-state index in [1.807, 2.05) is 12.1 Å². The number of ether oxygens (including phenoxy) is 1. The lowest BCUT2D eigenvalue weighted by Crippen LogP contribution is -2.06. The van der Waals surface area contributed by atoms with Gasteiger partial charge in [-0.3, -0.25) is 0 Å². The molecule has 5 nitrogen and oxygen atoms in total. The molecule has 6 heteroatoms. The van der Waals surface area contributed by atoms with Gasteiger partial charge in [0.05, 0.1) is 12.3 Å². The Labute approximate surface area is 139 Å². The summed E-state index contributed by atoms with van der Waals surface area (Å²) in [6.07, 6.45) is 0. The van der Waals surface area contributed by atoms with Crippen LogP contribution in [0.1, 0.15) is 13.8 Å². The van der Waals surface area contributed by atoms with Gasteiger partial charge >= 0.3 is 6.01 Å². The SMILES string of the molecule is CC(C)COc1nc(-c2ccc(F)cc2)n(-c2cccc(N)c2)n1. The van der Waals surface area contributed by atoms with Crippen molar-refractivity contribution in [1.82, 2.24) is 14.8 Å². The minimum Gasteiger partial charge on any atom is -0.462 e. The van der Waals surface area contributed by atoms with Crippen LogP contribution in [-0.4, -0.2) is 21.4 Å². The van der Waals surface area contributed by atoms with Crippen LogP contribution >= 0.6 is 0 Å². The lowest BCUT2D eigenvalue weighted by atomic mass is 10.2. The van der Waals surface area contributed by atoms with Gasteiger partial charge in [0.25, 0.3) is 0 Å². The number of nitrogens with two attached hydrogens (primary N) is 1. The molecule has 0 aliphatic rings. The molecule has 24 heavy (non-hydrogen) atoms. The predicted molar refractivity (Wildman–Crippen MR) is 91.5 cm³/mol. The van der Waals surface area contributed by atoms with Crippen LogP contribution < -0.4 is 10.5 Å². The third-order valence-corrected chi connectivity index (χ3v) is 3.35. The summed E-state index contributed by atoms with van der Waals surface area (Å²) in [5, 5.41) is 4.43. The van der Waals surface area contributed by atoms with Crippen molar-refractivity contribution in [2.24, 2.45) is 5.92 Å². The van der Waals surface area contributed by atoms with Crippen molar-refractivity contribution in [3.05, 3.63) is 54.3 Å². The average Bonchev–Trinajstić information content (AvgIpc) is 2.98. The Morgan fingerprint density at radius 2 is 1.92 bits per heavy atom. The molecule has 0 atom stereocenters. The first-order valence-corrected chi connectivity index (χ1v) is 7.74. The van der Waals surface area contributed by atoms with Crippen molar-refractivity contribution in [3.8, 4) is 23.1 Å². The maximum absolute atomic E-state index is 13.2. The molecule has 3 aromatic rings. The van der Waals surface area contributed by atoms with Gasteiger partial charge in [-0.1, -0.05) is 19.9 Å². The second-order valence-corrected chi connectivity index (χ2v) is 5.94. The largest absolute Gasteiger partial charge is 0.462 e. The lowest BCUT2D eigenvalue weighted by Gasteiger charge is -2.06. The summed E-state index contributed by atoms with van der Waals surface area (Å²) in [7, 11) is 0. The number of anilines is 1. The molecule has 1 aromatic heterocycles. The fourth-order valence-electron chi connectivity index (χ4n) is 2.22. The lowest BCUT2D eigenvalue weighted by molar-refractivity contribution is 0.251. The zero-order chi connectivity index (χ0) is 17.1. The molecule has 0 bridgehead atoms. The van der Waals surface area contributed by atoms with Gasteiger partial charge in [-0.2, -0.15) is 4.98 Å². The van der Waals surface area contributed by atoms with E-state index in [4.69, 9.17) is 10.5 Å². The number of aromatic nitrogens is 3. The fourth-order valence-corrected chi connectivity index (χ4v) is 2.22. The van der Waals surface area contributed by atoms with Gasteiger partial charge in [0.15, 0.2) is 5.82 Å². The molecule has 124 valence electrons. The smallest absolute Gasteiger partial charge is 0.336 e. The van der Waals surface area contributed by atoms with Crippen molar-refractivity contribution in [2.45, 2.75) is 13.8 Å². The van der Waals surface area contributed by atoms with Crippen LogP contribution in [-0.2, 0) is 0 Å². The van der Waals surface area contributed by atoms with Crippen LogP contribution in [0.2, 0.25) is 0 Å². The topological polar surface area (TPSA) is 66.0 Å². The Morgan fingerprint density at radius 1 is 1.17 bits per heavy atom. The van der Waals surface area contributed by atoms with E-state index in [9.17, 15) is 4.39 Å². The van der Waals surface area contributed by atoms with Gasteiger partial charge in [0.1, 0.15) is 5.82 Å². The normalized spacial score (nSPS) is 11.0. The summed E-state index contributed by atoms with van der Waals surface area (Å²) < 4.78 is 20.5. The van der Waals surface area contributed by atoms with Crippen molar-refractivity contribution in [1.29, 1.82) is 0 Å². The van der Waals surface area contributed by atoms with Crippen LogP contribution in [0.5, 0.6) is 6.01 Å². The summed E-state index contributed by atoms with van der Waals surface area (Å²) in [5.41, 5.74) is 8.00. The molecule has 2 N–H and O–H groups in total. The molecule has 0 amide bonds. The molecule has 0 radical (unpaired) electrons. The molecule has 0 aliphatic heterocycles. The maximum atomic E-state index is 13.2. The number of benzene rings is 2. The van der Waals surface area contributed by atoms with E-state index in [-0.39, 0.29) is 11.8 Å². The highest BCUT2D eigenvalue weighted by Crippen LogP contribution is 2.24. The van der Waals surface area contributed by atoms with Gasteiger partial charge in [0.2, 0.25) is 0 Å². The first-order chi connectivity index (χ1) is 11.5. The third-order valence-electron chi connectivity index (χ3n) is 3.35. The maximum Gasteiger partial charge on any atom is 0.336 e.